The van der Waals surface area contributed by atoms with Gasteiger partial charge in [0.05, 0.1) is 0 Å². The molecule has 1 amide bonds. The zero-order chi connectivity index (χ0) is 10.1. The van der Waals surface area contributed by atoms with E-state index in [-0.39, 0.29) is 29.5 Å². The van der Waals surface area contributed by atoms with Crippen LogP contribution in [-0.2, 0) is 6.98 Å². The molecule has 0 unspecified atom stereocenters. The fourth-order valence-corrected chi connectivity index (χ4v) is 0.621. The van der Waals surface area contributed by atoms with Crippen LogP contribution < -0.4 is 34.3 Å². The molecule has 0 saturated heterocycles. The maximum absolute atomic E-state index is 10.7. The standard InChI is InChI=1S/C7H8N2O.HI/c1-9-4-2-3-6(5-9)7(8)10;/h2-5H,1H3,(H-,8,10);1H/i1+1D3;. The number of amides is 1. The summed E-state index contributed by atoms with van der Waals surface area (Å²) >= 11 is 0. The molecule has 1 rings (SSSR count). The summed E-state index contributed by atoms with van der Waals surface area (Å²) in [6.07, 6.45) is 2.56. The van der Waals surface area contributed by atoms with Gasteiger partial charge in [-0.2, -0.15) is 0 Å². The van der Waals surface area contributed by atoms with Gasteiger partial charge < -0.3 is 29.7 Å². The van der Waals surface area contributed by atoms with Gasteiger partial charge in [-0.3, -0.25) is 4.79 Å². The Bertz CT molecular complexity index is 340. The van der Waals surface area contributed by atoms with Gasteiger partial charge in [-0.25, -0.2) is 4.57 Å². The lowest BCUT2D eigenvalue weighted by Crippen LogP contribution is -3.00. The van der Waals surface area contributed by atoms with Crippen LogP contribution >= 0.6 is 0 Å². The van der Waals surface area contributed by atoms with E-state index in [0.717, 1.165) is 4.57 Å². The third-order valence-electron chi connectivity index (χ3n) is 1.09. The molecule has 0 atom stereocenters. The number of hydrogen-bond acceptors (Lipinski definition) is 1. The van der Waals surface area contributed by atoms with E-state index in [1.165, 1.54) is 24.5 Å². The van der Waals surface area contributed by atoms with Crippen LogP contribution in [0.25, 0.3) is 0 Å². The number of nitrogens with zero attached hydrogens (tertiary/aromatic N) is 1. The number of halogens is 1. The Morgan fingerprint density at radius 2 is 2.55 bits per heavy atom. The highest BCUT2D eigenvalue weighted by Crippen LogP contribution is 1.89. The predicted octanol–water partition coefficient (Wildman–Crippen LogP) is -3.39. The summed E-state index contributed by atoms with van der Waals surface area (Å²) in [5, 5.41) is 0. The fraction of sp³-hybridized carbons (Fsp3) is 0.143. The molecule has 0 fully saturated rings. The van der Waals surface area contributed by atoms with Gasteiger partial charge in [0.2, 0.25) is 0 Å². The monoisotopic (exact) mass is 268 g/mol. The molecule has 0 saturated carbocycles. The Hall–Kier alpha value is -0.650. The highest BCUT2D eigenvalue weighted by atomic mass is 127. The van der Waals surface area contributed by atoms with Gasteiger partial charge in [-0.1, -0.05) is 0 Å². The molecule has 1 heterocycles. The second kappa shape index (κ2) is 4.27. The molecular formula is C7H9IN2O. The molecule has 60 valence electrons. The summed E-state index contributed by atoms with van der Waals surface area (Å²) in [5.74, 6) is -0.640. The topological polar surface area (TPSA) is 47.0 Å². The molecule has 1 aromatic rings. The Balaban J connectivity index is 0.00000169. The van der Waals surface area contributed by atoms with Gasteiger partial charge in [-0.15, -0.1) is 0 Å². The first-order chi connectivity index (χ1) is 5.91. The summed E-state index contributed by atoms with van der Waals surface area (Å²) in [6.45, 7) is -2.27. The fourth-order valence-electron chi connectivity index (χ4n) is 0.621. The van der Waals surface area contributed by atoms with Gasteiger partial charge >= 0.3 is 0 Å². The van der Waals surface area contributed by atoms with Crippen molar-refractivity contribution in [3.05, 3.63) is 30.1 Å². The third kappa shape index (κ3) is 2.83. The van der Waals surface area contributed by atoms with Gasteiger partial charge in [0, 0.05) is 6.07 Å². The summed E-state index contributed by atoms with van der Waals surface area (Å²) in [5.41, 5.74) is 5.17. The molecule has 0 spiro atoms. The maximum atomic E-state index is 10.7. The number of carbonyl (C=O) groups is 1. The van der Waals surface area contributed by atoms with Crippen LogP contribution in [0.2, 0.25) is 0 Å². The molecular weight excluding hydrogens is 256 g/mol. The number of hydrogen-bond donors (Lipinski definition) is 1. The van der Waals surface area contributed by atoms with E-state index in [4.69, 9.17) is 9.85 Å². The van der Waals surface area contributed by atoms with E-state index >= 15 is 0 Å². The normalized spacial score (nSPS) is 13.6. The molecule has 0 aliphatic rings. The van der Waals surface area contributed by atoms with Crippen molar-refractivity contribution in [2.75, 3.05) is 0 Å². The van der Waals surface area contributed by atoms with E-state index < -0.39 is 12.9 Å². The zero-order valence-electron chi connectivity index (χ0n) is 8.62. The average Bonchev–Trinajstić information content (AvgIpc) is 2.03. The molecule has 0 aromatic carbocycles. The van der Waals surface area contributed by atoms with Crippen LogP contribution in [0.3, 0.4) is 0 Å². The van der Waals surface area contributed by atoms with Gasteiger partial charge in [0.15, 0.2) is 12.4 Å². The maximum Gasteiger partial charge on any atom is 0.254 e. The molecule has 11 heavy (non-hydrogen) atoms. The quantitative estimate of drug-likeness (QED) is 0.322. The number of nitrogens with two attached hydrogens (primary N) is 1. The Morgan fingerprint density at radius 1 is 1.82 bits per heavy atom. The number of aromatic nitrogens is 1. The van der Waals surface area contributed by atoms with Crippen molar-refractivity contribution in [2.45, 2.75) is 0 Å². The number of pyridine rings is 1. The van der Waals surface area contributed by atoms with Crippen molar-refractivity contribution >= 4 is 5.91 Å². The molecule has 0 aliphatic heterocycles. The van der Waals surface area contributed by atoms with Crippen molar-refractivity contribution in [3.8, 4) is 0 Å². The van der Waals surface area contributed by atoms with Crippen LogP contribution in [0, 0.1) is 0 Å². The lowest BCUT2D eigenvalue weighted by Gasteiger charge is -1.89. The Kier molecular flexibility index (Phi) is 2.31. The number of rotatable bonds is 1. The number of carbonyl (C=O) groups excluding carboxylic acids is 1. The average molecular weight is 268 g/mol. The SMILES string of the molecule is [2H][13C]([2H])([2H])[n+]1cccc(C(N)=O)c1.[I-]. The van der Waals surface area contributed by atoms with Crippen molar-refractivity contribution < 1.29 is 37.5 Å². The zero-order valence-corrected chi connectivity index (χ0v) is 7.78. The van der Waals surface area contributed by atoms with Gasteiger partial charge in [0.25, 0.3) is 5.91 Å². The molecule has 3 nitrogen and oxygen atoms in total. The lowest BCUT2D eigenvalue weighted by atomic mass is 10.3. The molecule has 0 bridgehead atoms. The van der Waals surface area contributed by atoms with Crippen molar-refractivity contribution in [2.24, 2.45) is 12.7 Å². The first-order valence-electron chi connectivity index (χ1n) is 4.23. The molecule has 0 radical (unpaired) electrons. The second-order valence-electron chi connectivity index (χ2n) is 1.86. The van der Waals surface area contributed by atoms with Gasteiger partial charge in [-0.05, 0) is 6.07 Å². The Labute approximate surface area is 86.5 Å². The molecule has 4 heteroatoms. The number of primary amides is 1. The molecule has 2 N–H and O–H groups in total. The minimum Gasteiger partial charge on any atom is -1.00 e. The van der Waals surface area contributed by atoms with Crippen LogP contribution in [0.5, 0.6) is 0 Å². The summed E-state index contributed by atoms with van der Waals surface area (Å²) in [7, 11) is 0. The van der Waals surface area contributed by atoms with E-state index in [9.17, 15) is 4.79 Å². The molecule has 1 aromatic heterocycles. The number of aryl methyl sites for hydroxylation is 1. The van der Waals surface area contributed by atoms with E-state index in [0.29, 0.717) is 0 Å². The lowest BCUT2D eigenvalue weighted by molar-refractivity contribution is -0.671. The van der Waals surface area contributed by atoms with Crippen molar-refractivity contribution in [1.29, 1.82) is 0 Å². The van der Waals surface area contributed by atoms with E-state index in [1.54, 1.807) is 0 Å². The van der Waals surface area contributed by atoms with Crippen LogP contribution in [-0.4, -0.2) is 5.91 Å². The first-order valence-corrected chi connectivity index (χ1v) is 2.73. The minimum atomic E-state index is -2.27. The highest BCUT2D eigenvalue weighted by molar-refractivity contribution is 5.92. The largest absolute Gasteiger partial charge is 1.00 e. The first kappa shape index (κ1) is 5.93. The van der Waals surface area contributed by atoms with E-state index in [1.807, 2.05) is 0 Å². The highest BCUT2D eigenvalue weighted by Gasteiger charge is 2.02. The summed E-state index contributed by atoms with van der Waals surface area (Å²) in [6, 6.07) is 2.93. The van der Waals surface area contributed by atoms with E-state index in [2.05, 4.69) is 0 Å². The minimum absolute atomic E-state index is 0. The third-order valence-corrected chi connectivity index (χ3v) is 1.09. The summed E-state index contributed by atoms with van der Waals surface area (Å²) < 4.78 is 22.1. The smallest absolute Gasteiger partial charge is 0.254 e. The summed E-state index contributed by atoms with van der Waals surface area (Å²) in [4.78, 5) is 10.7. The van der Waals surface area contributed by atoms with Gasteiger partial charge in [0.1, 0.15) is 16.7 Å². The predicted molar refractivity (Wildman–Crippen MR) is 36.1 cm³/mol. The molecule has 0 aliphatic carbocycles. The van der Waals surface area contributed by atoms with Crippen LogP contribution in [0.1, 0.15) is 14.5 Å². The Morgan fingerprint density at radius 3 is 3.09 bits per heavy atom. The van der Waals surface area contributed by atoms with Crippen LogP contribution in [0.15, 0.2) is 24.5 Å². The van der Waals surface area contributed by atoms with Crippen LogP contribution in [0.4, 0.5) is 0 Å². The second-order valence-corrected chi connectivity index (χ2v) is 1.86. The van der Waals surface area contributed by atoms with Crippen molar-refractivity contribution in [1.82, 2.24) is 0 Å². The van der Waals surface area contributed by atoms with Crippen molar-refractivity contribution in [3.63, 3.8) is 0 Å².